The van der Waals surface area contributed by atoms with Crippen LogP contribution in [0, 0.1) is 0 Å². The molecule has 0 aliphatic carbocycles. The molecule has 0 aliphatic rings. The largest absolute Gasteiger partial charge is 0.260 e. The van der Waals surface area contributed by atoms with Crippen molar-refractivity contribution >= 4 is 33.2 Å². The first-order valence-corrected chi connectivity index (χ1v) is 7.15. The van der Waals surface area contributed by atoms with Crippen LogP contribution < -0.4 is 0 Å². The summed E-state index contributed by atoms with van der Waals surface area (Å²) in [5.41, 5.74) is 0. The first-order chi connectivity index (χ1) is 7.54. The molecule has 0 unspecified atom stereocenters. The lowest BCUT2D eigenvalue weighted by Gasteiger charge is -2.19. The van der Waals surface area contributed by atoms with Gasteiger partial charge in [-0.25, -0.2) is 8.42 Å². The first kappa shape index (κ1) is 13.8. The molecule has 1 aromatic heterocycles. The van der Waals surface area contributed by atoms with Gasteiger partial charge in [-0.15, -0.1) is 23.2 Å². The lowest BCUT2D eigenvalue weighted by molar-refractivity contribution is 0.440. The van der Waals surface area contributed by atoms with Crippen molar-refractivity contribution in [1.29, 1.82) is 0 Å². The minimum atomic E-state index is -3.55. The minimum Gasteiger partial charge on any atom is -0.256 e. The number of hydrogen-bond acceptors (Lipinski definition) is 3. The van der Waals surface area contributed by atoms with Crippen molar-refractivity contribution in [2.75, 3.05) is 24.8 Å². The number of alkyl halides is 2. The summed E-state index contributed by atoms with van der Waals surface area (Å²) in [6.45, 7) is 0.476. The van der Waals surface area contributed by atoms with Crippen LogP contribution >= 0.6 is 23.2 Å². The molecule has 0 saturated carbocycles. The molecule has 1 aromatic rings. The Morgan fingerprint density at radius 2 is 1.94 bits per heavy atom. The second-order valence-corrected chi connectivity index (χ2v) is 5.72. The van der Waals surface area contributed by atoms with E-state index < -0.39 is 10.0 Å². The molecule has 5 nitrogen and oxygen atoms in total. The predicted molar refractivity (Wildman–Crippen MR) is 63.4 cm³/mol. The molecule has 0 radical (unpaired) electrons. The summed E-state index contributed by atoms with van der Waals surface area (Å²) in [6, 6.07) is 1.45. The zero-order chi connectivity index (χ0) is 12.2. The van der Waals surface area contributed by atoms with Crippen LogP contribution in [0.1, 0.15) is 0 Å². The number of nitrogens with zero attached hydrogens (tertiary/aromatic N) is 3. The summed E-state index contributed by atoms with van der Waals surface area (Å²) in [7, 11) is -1.97. The summed E-state index contributed by atoms with van der Waals surface area (Å²) >= 11 is 11.1. The highest BCUT2D eigenvalue weighted by Crippen LogP contribution is 2.14. The van der Waals surface area contributed by atoms with Gasteiger partial charge >= 0.3 is 0 Å². The van der Waals surface area contributed by atoms with E-state index in [2.05, 4.69) is 5.10 Å². The summed E-state index contributed by atoms with van der Waals surface area (Å²) in [6.07, 6.45) is 1.44. The lowest BCUT2D eigenvalue weighted by Crippen LogP contribution is -2.35. The van der Waals surface area contributed by atoms with Gasteiger partial charge in [-0.3, -0.25) is 4.68 Å². The van der Waals surface area contributed by atoms with Crippen molar-refractivity contribution in [3.63, 3.8) is 0 Å². The van der Waals surface area contributed by atoms with Crippen LogP contribution in [0.5, 0.6) is 0 Å². The Labute approximate surface area is 105 Å². The van der Waals surface area contributed by atoms with E-state index in [1.165, 1.54) is 21.3 Å². The van der Waals surface area contributed by atoms with Gasteiger partial charge in [-0.05, 0) is 6.07 Å². The topological polar surface area (TPSA) is 55.2 Å². The van der Waals surface area contributed by atoms with Gasteiger partial charge in [0.15, 0.2) is 5.03 Å². The third kappa shape index (κ3) is 2.88. The van der Waals surface area contributed by atoms with E-state index in [1.807, 2.05) is 0 Å². The number of hydrogen-bond donors (Lipinski definition) is 0. The molecule has 0 N–H and O–H groups in total. The molecule has 92 valence electrons. The highest BCUT2D eigenvalue weighted by molar-refractivity contribution is 7.89. The van der Waals surface area contributed by atoms with E-state index in [0.29, 0.717) is 0 Å². The molecule has 0 aliphatic heterocycles. The Bertz CT molecular complexity index is 426. The van der Waals surface area contributed by atoms with Gasteiger partial charge in [0.25, 0.3) is 10.0 Å². The molecule has 1 heterocycles. The van der Waals surface area contributed by atoms with Crippen molar-refractivity contribution in [2.45, 2.75) is 5.03 Å². The van der Waals surface area contributed by atoms with Crippen LogP contribution in [-0.4, -0.2) is 47.4 Å². The third-order valence-corrected chi connectivity index (χ3v) is 4.36. The maximum Gasteiger partial charge on any atom is 0.260 e. The molecular formula is C8H13Cl2N3O2S. The second kappa shape index (κ2) is 5.86. The molecule has 0 aromatic carbocycles. The van der Waals surface area contributed by atoms with Gasteiger partial charge in [0, 0.05) is 31.9 Å². The van der Waals surface area contributed by atoms with E-state index in [9.17, 15) is 8.42 Å². The number of aryl methyl sites for hydroxylation is 1. The van der Waals surface area contributed by atoms with E-state index in [-0.39, 0.29) is 29.9 Å². The van der Waals surface area contributed by atoms with E-state index in [1.54, 1.807) is 7.05 Å². The maximum absolute atomic E-state index is 12.1. The number of halogens is 2. The van der Waals surface area contributed by atoms with Crippen LogP contribution in [0.25, 0.3) is 0 Å². The quantitative estimate of drug-likeness (QED) is 0.730. The van der Waals surface area contributed by atoms with Crippen molar-refractivity contribution < 1.29 is 8.42 Å². The van der Waals surface area contributed by atoms with Gasteiger partial charge in [0.05, 0.1) is 6.20 Å². The molecule has 0 atom stereocenters. The average Bonchev–Trinajstić information content (AvgIpc) is 2.65. The van der Waals surface area contributed by atoms with E-state index >= 15 is 0 Å². The fraction of sp³-hybridized carbons (Fsp3) is 0.625. The predicted octanol–water partition coefficient (Wildman–Crippen LogP) is 0.888. The highest BCUT2D eigenvalue weighted by Gasteiger charge is 2.26. The summed E-state index contributed by atoms with van der Waals surface area (Å²) in [4.78, 5) is 0. The summed E-state index contributed by atoms with van der Waals surface area (Å²) in [5.74, 6) is 0.460. The summed E-state index contributed by atoms with van der Waals surface area (Å²) < 4.78 is 26.8. The summed E-state index contributed by atoms with van der Waals surface area (Å²) in [5, 5.41) is 3.97. The Morgan fingerprint density at radius 3 is 2.31 bits per heavy atom. The number of aromatic nitrogens is 2. The minimum absolute atomic E-state index is 0.141. The molecule has 16 heavy (non-hydrogen) atoms. The fourth-order valence-electron chi connectivity index (χ4n) is 1.29. The Balaban J connectivity index is 3.03. The van der Waals surface area contributed by atoms with Crippen molar-refractivity contribution in [3.8, 4) is 0 Å². The molecule has 0 saturated heterocycles. The van der Waals surface area contributed by atoms with Crippen molar-refractivity contribution in [3.05, 3.63) is 12.3 Å². The maximum atomic E-state index is 12.1. The van der Waals surface area contributed by atoms with Crippen LogP contribution in [0.4, 0.5) is 0 Å². The zero-order valence-electron chi connectivity index (χ0n) is 8.81. The molecule has 1 rings (SSSR count). The Kier molecular flexibility index (Phi) is 5.04. The fourth-order valence-corrected chi connectivity index (χ4v) is 3.44. The van der Waals surface area contributed by atoms with Crippen LogP contribution in [0.15, 0.2) is 17.3 Å². The average molecular weight is 286 g/mol. The smallest absolute Gasteiger partial charge is 0.256 e. The van der Waals surface area contributed by atoms with Crippen LogP contribution in [0.3, 0.4) is 0 Å². The number of sulfonamides is 1. The SMILES string of the molecule is Cn1nccc1S(=O)(=O)N(CCCl)CCCl. The van der Waals surface area contributed by atoms with Gasteiger partial charge in [0.1, 0.15) is 0 Å². The second-order valence-electron chi connectivity index (χ2n) is 3.08. The van der Waals surface area contributed by atoms with Crippen LogP contribution in [-0.2, 0) is 17.1 Å². The van der Waals surface area contributed by atoms with Crippen LogP contribution in [0.2, 0.25) is 0 Å². The highest BCUT2D eigenvalue weighted by atomic mass is 35.5. The zero-order valence-corrected chi connectivity index (χ0v) is 11.1. The molecule has 8 heteroatoms. The standard InChI is InChI=1S/C8H13Cl2N3O2S/c1-12-8(2-5-11-12)16(14,15)13(6-3-9)7-4-10/h2,5H,3-4,6-7H2,1H3. The number of rotatable bonds is 6. The third-order valence-electron chi connectivity index (χ3n) is 2.05. The monoisotopic (exact) mass is 285 g/mol. The molecule has 0 bridgehead atoms. The van der Waals surface area contributed by atoms with E-state index in [4.69, 9.17) is 23.2 Å². The normalized spacial score (nSPS) is 12.2. The molecule has 0 spiro atoms. The van der Waals surface area contributed by atoms with Gasteiger partial charge < -0.3 is 0 Å². The first-order valence-electron chi connectivity index (χ1n) is 4.64. The van der Waals surface area contributed by atoms with Gasteiger partial charge in [-0.1, -0.05) is 0 Å². The van der Waals surface area contributed by atoms with E-state index in [0.717, 1.165) is 0 Å². The van der Waals surface area contributed by atoms with Crippen molar-refractivity contribution in [1.82, 2.24) is 14.1 Å². The Hall–Kier alpha value is -0.300. The van der Waals surface area contributed by atoms with Crippen molar-refractivity contribution in [2.24, 2.45) is 7.05 Å². The van der Waals surface area contributed by atoms with Gasteiger partial charge in [-0.2, -0.15) is 9.40 Å². The molecule has 0 fully saturated rings. The van der Waals surface area contributed by atoms with Gasteiger partial charge in [0.2, 0.25) is 0 Å². The molecular weight excluding hydrogens is 273 g/mol. The molecule has 0 amide bonds. The Morgan fingerprint density at radius 1 is 1.38 bits per heavy atom. The lowest BCUT2D eigenvalue weighted by atomic mass is 10.6.